The lowest BCUT2D eigenvalue weighted by atomic mass is 9.73. The highest BCUT2D eigenvalue weighted by molar-refractivity contribution is 6.06. The number of anilines is 1. The summed E-state index contributed by atoms with van der Waals surface area (Å²) in [5.74, 6) is -0.199. The van der Waals surface area contributed by atoms with Gasteiger partial charge in [-0.05, 0) is 43.4 Å². The molecule has 1 atom stereocenters. The summed E-state index contributed by atoms with van der Waals surface area (Å²) in [6.45, 7) is 9.42. The van der Waals surface area contributed by atoms with Crippen molar-refractivity contribution in [2.24, 2.45) is 5.41 Å². The summed E-state index contributed by atoms with van der Waals surface area (Å²) >= 11 is 0. The molecule has 0 radical (unpaired) electrons. The van der Waals surface area contributed by atoms with Gasteiger partial charge in [-0.25, -0.2) is 0 Å². The molecular weight excluding hydrogens is 431 g/mol. The van der Waals surface area contributed by atoms with Crippen LogP contribution in [-0.4, -0.2) is 40.9 Å². The van der Waals surface area contributed by atoms with E-state index in [-0.39, 0.29) is 18.1 Å². The fourth-order valence-corrected chi connectivity index (χ4v) is 4.94. The molecule has 7 heteroatoms. The van der Waals surface area contributed by atoms with Gasteiger partial charge < -0.3 is 15.1 Å². The van der Waals surface area contributed by atoms with E-state index in [1.54, 1.807) is 71.0 Å². The van der Waals surface area contributed by atoms with E-state index in [2.05, 4.69) is 0 Å². The molecule has 0 aliphatic carbocycles. The fraction of sp³-hybridized carbons (Fsp3) is 0.500. The van der Waals surface area contributed by atoms with Gasteiger partial charge in [-0.15, -0.1) is 0 Å². The second kappa shape index (κ2) is 8.05. The summed E-state index contributed by atoms with van der Waals surface area (Å²) in [5.41, 5.74) is -2.69. The van der Waals surface area contributed by atoms with E-state index in [4.69, 9.17) is 0 Å². The summed E-state index contributed by atoms with van der Waals surface area (Å²) in [6.07, 6.45) is -5.59. The molecule has 1 aliphatic rings. The molecule has 0 amide bonds. The first-order valence-corrected chi connectivity index (χ1v) is 11.0. The predicted molar refractivity (Wildman–Crippen MR) is 123 cm³/mol. The van der Waals surface area contributed by atoms with E-state index in [0.29, 0.717) is 22.4 Å². The van der Waals surface area contributed by atoms with Crippen LogP contribution < -0.4 is 4.90 Å². The average molecular weight is 464 g/mol. The molecule has 0 aromatic heterocycles. The molecule has 3 rings (SSSR count). The second-order valence-corrected chi connectivity index (χ2v) is 10.7. The number of benzene rings is 2. The molecule has 33 heavy (non-hydrogen) atoms. The number of aromatic hydroxyl groups is 1. The molecule has 1 heterocycles. The lowest BCUT2D eigenvalue weighted by Gasteiger charge is -2.45. The molecule has 0 spiro atoms. The molecule has 0 saturated heterocycles. The number of hydrogen-bond donors (Lipinski definition) is 2. The van der Waals surface area contributed by atoms with Gasteiger partial charge in [0.2, 0.25) is 0 Å². The minimum Gasteiger partial charge on any atom is -0.507 e. The van der Waals surface area contributed by atoms with E-state index < -0.39 is 35.6 Å². The van der Waals surface area contributed by atoms with Crippen molar-refractivity contribution in [1.29, 1.82) is 0 Å². The van der Waals surface area contributed by atoms with Crippen LogP contribution in [0.2, 0.25) is 0 Å². The highest BCUT2D eigenvalue weighted by Crippen LogP contribution is 2.46. The lowest BCUT2D eigenvalue weighted by Crippen LogP contribution is -2.59. The number of rotatable bonds is 5. The lowest BCUT2D eigenvalue weighted by molar-refractivity contribution is -0.262. The topological polar surface area (TPSA) is 60.8 Å². The standard InChI is InChI=1S/C26H32F3NO3/c1-16-11-17(2)21(31)19(12-16)23(3,4)13-25(33,26(27,28)29)15-30-14-24(5,6)22(32)18-9-7-8-10-20(18)30/h7-12,31,33H,13-15H2,1-6H3. The molecule has 4 nitrogen and oxygen atoms in total. The second-order valence-electron chi connectivity index (χ2n) is 10.7. The van der Waals surface area contributed by atoms with Crippen LogP contribution in [0.1, 0.15) is 61.2 Å². The maximum Gasteiger partial charge on any atom is 0.418 e. The Labute approximate surface area is 193 Å². The number of carbonyl (C=O) groups is 1. The molecular formula is C26H32F3NO3. The van der Waals surface area contributed by atoms with Gasteiger partial charge >= 0.3 is 6.18 Å². The number of aliphatic hydroxyl groups is 1. The number of β-amino-alcohol motifs (C(OH)–C–C–N with tert-alkyl or cyclic N) is 1. The number of alkyl halides is 3. The Kier molecular flexibility index (Phi) is 6.12. The van der Waals surface area contributed by atoms with Crippen molar-refractivity contribution in [2.75, 3.05) is 18.0 Å². The first kappa shape index (κ1) is 25.1. The Balaban J connectivity index is 2.05. The molecule has 2 aromatic rings. The van der Waals surface area contributed by atoms with Crippen molar-refractivity contribution in [1.82, 2.24) is 0 Å². The van der Waals surface area contributed by atoms with E-state index in [1.165, 1.54) is 4.90 Å². The molecule has 2 N–H and O–H groups in total. The van der Waals surface area contributed by atoms with Crippen LogP contribution in [0, 0.1) is 19.3 Å². The number of phenols is 1. The third kappa shape index (κ3) is 4.60. The maximum atomic E-state index is 14.4. The minimum absolute atomic E-state index is 0.0521. The van der Waals surface area contributed by atoms with Crippen LogP contribution in [0.3, 0.4) is 0 Å². The maximum absolute atomic E-state index is 14.4. The van der Waals surface area contributed by atoms with Gasteiger partial charge in [-0.1, -0.05) is 57.5 Å². The van der Waals surface area contributed by atoms with Gasteiger partial charge in [-0.3, -0.25) is 4.79 Å². The zero-order valence-electron chi connectivity index (χ0n) is 20.0. The SMILES string of the molecule is Cc1cc(C)c(O)c(C(C)(C)CC(O)(CN2CC(C)(C)C(=O)c3ccccc32)C(F)(F)F)c1. The van der Waals surface area contributed by atoms with Crippen molar-refractivity contribution < 1.29 is 28.2 Å². The first-order valence-electron chi connectivity index (χ1n) is 11.0. The Morgan fingerprint density at radius 2 is 1.70 bits per heavy atom. The minimum atomic E-state index is -4.93. The van der Waals surface area contributed by atoms with Crippen molar-refractivity contribution in [2.45, 2.75) is 65.2 Å². The number of para-hydroxylation sites is 1. The van der Waals surface area contributed by atoms with Crippen molar-refractivity contribution in [3.8, 4) is 5.75 Å². The van der Waals surface area contributed by atoms with Crippen LogP contribution in [0.4, 0.5) is 18.9 Å². The monoisotopic (exact) mass is 463 g/mol. The molecule has 180 valence electrons. The number of nitrogens with zero attached hydrogens (tertiary/aromatic N) is 1. The average Bonchev–Trinajstić information content (AvgIpc) is 2.67. The van der Waals surface area contributed by atoms with Crippen molar-refractivity contribution in [3.05, 3.63) is 58.7 Å². The highest BCUT2D eigenvalue weighted by Gasteiger charge is 2.58. The largest absolute Gasteiger partial charge is 0.507 e. The van der Waals surface area contributed by atoms with Gasteiger partial charge in [0, 0.05) is 28.8 Å². The van der Waals surface area contributed by atoms with Crippen molar-refractivity contribution in [3.63, 3.8) is 0 Å². The third-order valence-corrected chi connectivity index (χ3v) is 6.58. The number of fused-ring (bicyclic) bond motifs is 1. The molecule has 0 saturated carbocycles. The zero-order chi connectivity index (χ0) is 25.0. The summed E-state index contributed by atoms with van der Waals surface area (Å²) in [5, 5.41) is 21.8. The highest BCUT2D eigenvalue weighted by atomic mass is 19.4. The van der Waals surface area contributed by atoms with Gasteiger partial charge in [-0.2, -0.15) is 13.2 Å². The van der Waals surface area contributed by atoms with Gasteiger partial charge in [0.25, 0.3) is 0 Å². The van der Waals surface area contributed by atoms with E-state index in [1.807, 2.05) is 6.92 Å². The van der Waals surface area contributed by atoms with Gasteiger partial charge in [0.05, 0.1) is 6.54 Å². The van der Waals surface area contributed by atoms with Crippen LogP contribution in [0.15, 0.2) is 36.4 Å². The number of ketones is 1. The summed E-state index contributed by atoms with van der Waals surface area (Å²) in [6, 6.07) is 9.99. The Morgan fingerprint density at radius 3 is 2.30 bits per heavy atom. The fourth-order valence-electron chi connectivity index (χ4n) is 4.94. The van der Waals surface area contributed by atoms with Crippen LogP contribution in [0.25, 0.3) is 0 Å². The van der Waals surface area contributed by atoms with E-state index in [0.717, 1.165) is 5.56 Å². The Hall–Kier alpha value is -2.54. The first-order chi connectivity index (χ1) is 15.0. The Morgan fingerprint density at radius 1 is 1.09 bits per heavy atom. The molecule has 1 aliphatic heterocycles. The zero-order valence-corrected chi connectivity index (χ0v) is 20.0. The number of hydrogen-bond acceptors (Lipinski definition) is 4. The van der Waals surface area contributed by atoms with E-state index in [9.17, 15) is 28.2 Å². The molecule has 0 fully saturated rings. The molecule has 1 unspecified atom stereocenters. The predicted octanol–water partition coefficient (Wildman–Crippen LogP) is 5.70. The number of Topliss-reactive ketones (excluding diaryl/α,β-unsaturated/α-hetero) is 1. The summed E-state index contributed by atoms with van der Waals surface area (Å²) < 4.78 is 43.2. The Bertz CT molecular complexity index is 1070. The molecule has 0 bridgehead atoms. The summed E-state index contributed by atoms with van der Waals surface area (Å²) in [7, 11) is 0. The van der Waals surface area contributed by atoms with Crippen LogP contribution in [-0.2, 0) is 5.41 Å². The quantitative estimate of drug-likeness (QED) is 0.597. The number of phenolic OH excluding ortho intramolecular Hbond substituents is 1. The van der Waals surface area contributed by atoms with Crippen LogP contribution in [0.5, 0.6) is 5.75 Å². The van der Waals surface area contributed by atoms with Crippen molar-refractivity contribution >= 4 is 11.5 Å². The molecule has 2 aromatic carbocycles. The normalized spacial score (nSPS) is 18.1. The van der Waals surface area contributed by atoms with E-state index >= 15 is 0 Å². The van der Waals surface area contributed by atoms with Gasteiger partial charge in [0.15, 0.2) is 11.4 Å². The smallest absolute Gasteiger partial charge is 0.418 e. The van der Waals surface area contributed by atoms with Gasteiger partial charge in [0.1, 0.15) is 5.75 Å². The number of aryl methyl sites for hydroxylation is 2. The summed E-state index contributed by atoms with van der Waals surface area (Å²) in [4.78, 5) is 14.3. The number of carbonyl (C=O) groups excluding carboxylic acids is 1. The van der Waals surface area contributed by atoms with Crippen LogP contribution >= 0.6 is 0 Å². The number of halogens is 3. The third-order valence-electron chi connectivity index (χ3n) is 6.58.